The molecule has 2 heterocycles. The monoisotopic (exact) mass is 286 g/mol. The fourth-order valence-electron chi connectivity index (χ4n) is 3.53. The van der Waals surface area contributed by atoms with E-state index in [1.165, 1.54) is 55.7 Å². The van der Waals surface area contributed by atoms with Gasteiger partial charge in [-0.1, -0.05) is 11.6 Å². The van der Waals surface area contributed by atoms with Crippen LogP contribution in [-0.2, 0) is 12.8 Å². The van der Waals surface area contributed by atoms with Crippen molar-refractivity contribution in [2.24, 2.45) is 0 Å². The molecule has 0 amide bonds. The molecule has 2 nitrogen and oxygen atoms in total. The summed E-state index contributed by atoms with van der Waals surface area (Å²) in [6.07, 6.45) is 7.26. The van der Waals surface area contributed by atoms with Crippen molar-refractivity contribution in [1.29, 1.82) is 0 Å². The van der Waals surface area contributed by atoms with Crippen molar-refractivity contribution in [2.75, 3.05) is 18.0 Å². The summed E-state index contributed by atoms with van der Waals surface area (Å²) in [4.78, 5) is 7.35. The third-order valence-electron chi connectivity index (χ3n) is 4.65. The Bertz CT molecular complexity index is 660. The second-order valence-corrected chi connectivity index (χ2v) is 6.33. The normalized spacial score (nSPS) is 18.6. The Labute approximate surface area is 124 Å². The van der Waals surface area contributed by atoms with Crippen molar-refractivity contribution >= 4 is 28.2 Å². The van der Waals surface area contributed by atoms with Crippen LogP contribution < -0.4 is 4.90 Å². The van der Waals surface area contributed by atoms with E-state index in [4.69, 9.17) is 16.6 Å². The highest BCUT2D eigenvalue weighted by atomic mass is 35.5. The molecule has 104 valence electrons. The Balaban J connectivity index is 1.85. The lowest BCUT2D eigenvalue weighted by Gasteiger charge is -2.20. The molecule has 0 bridgehead atoms. The predicted molar refractivity (Wildman–Crippen MR) is 84.8 cm³/mol. The number of hydrogen-bond acceptors (Lipinski definition) is 2. The van der Waals surface area contributed by atoms with E-state index in [9.17, 15) is 0 Å². The molecule has 1 aliphatic carbocycles. The number of anilines is 1. The summed E-state index contributed by atoms with van der Waals surface area (Å²) in [6.45, 7) is 2.34. The Morgan fingerprint density at radius 1 is 1.00 bits per heavy atom. The van der Waals surface area contributed by atoms with Gasteiger partial charge >= 0.3 is 0 Å². The summed E-state index contributed by atoms with van der Waals surface area (Å²) in [7, 11) is 0. The number of benzene rings is 1. The van der Waals surface area contributed by atoms with Crippen LogP contribution in [0.4, 0.5) is 5.69 Å². The molecule has 1 aliphatic heterocycles. The molecule has 0 radical (unpaired) electrons. The minimum absolute atomic E-state index is 0.942. The lowest BCUT2D eigenvalue weighted by Crippen LogP contribution is -2.17. The summed E-state index contributed by atoms with van der Waals surface area (Å²) in [5.74, 6) is 0. The molecule has 2 aliphatic rings. The summed E-state index contributed by atoms with van der Waals surface area (Å²) in [5, 5.41) is 2.06. The van der Waals surface area contributed by atoms with E-state index in [0.29, 0.717) is 0 Å². The molecular formula is C17H19ClN2. The molecule has 20 heavy (non-hydrogen) atoms. The SMILES string of the molecule is Clc1c2c(nc3cc(N4CCCC4)ccc13)CCCC2. The molecule has 0 unspecified atom stereocenters. The van der Waals surface area contributed by atoms with E-state index in [0.717, 1.165) is 28.8 Å². The highest BCUT2D eigenvalue weighted by Crippen LogP contribution is 2.34. The van der Waals surface area contributed by atoms with E-state index >= 15 is 0 Å². The molecule has 0 atom stereocenters. The molecule has 4 rings (SSSR count). The topological polar surface area (TPSA) is 16.1 Å². The number of rotatable bonds is 1. The van der Waals surface area contributed by atoms with Crippen molar-refractivity contribution in [3.63, 3.8) is 0 Å². The Kier molecular flexibility index (Phi) is 3.07. The maximum absolute atomic E-state index is 6.62. The second kappa shape index (κ2) is 4.92. The van der Waals surface area contributed by atoms with Gasteiger partial charge in [0.2, 0.25) is 0 Å². The predicted octanol–water partition coefficient (Wildman–Crippen LogP) is 4.37. The Hall–Kier alpha value is -1.28. The van der Waals surface area contributed by atoms with Crippen molar-refractivity contribution < 1.29 is 0 Å². The van der Waals surface area contributed by atoms with Crippen molar-refractivity contribution in [2.45, 2.75) is 38.5 Å². The van der Waals surface area contributed by atoms with E-state index in [1.807, 2.05) is 0 Å². The molecule has 1 saturated heterocycles. The van der Waals surface area contributed by atoms with Gasteiger partial charge in [0.05, 0.1) is 10.5 Å². The molecule has 2 aromatic rings. The first-order valence-electron chi connectivity index (χ1n) is 7.69. The number of pyridine rings is 1. The third-order valence-corrected chi connectivity index (χ3v) is 5.08. The highest BCUT2D eigenvalue weighted by Gasteiger charge is 2.18. The van der Waals surface area contributed by atoms with Gasteiger partial charge in [0.25, 0.3) is 0 Å². The van der Waals surface area contributed by atoms with Gasteiger partial charge in [-0.2, -0.15) is 0 Å². The van der Waals surface area contributed by atoms with E-state index in [2.05, 4.69) is 23.1 Å². The molecule has 0 saturated carbocycles. The van der Waals surface area contributed by atoms with Gasteiger partial charge in [0, 0.05) is 29.9 Å². The molecule has 1 aromatic carbocycles. The minimum Gasteiger partial charge on any atom is -0.371 e. The van der Waals surface area contributed by atoms with Crippen molar-refractivity contribution in [1.82, 2.24) is 4.98 Å². The number of aromatic nitrogens is 1. The first-order chi connectivity index (χ1) is 9.83. The zero-order chi connectivity index (χ0) is 13.5. The van der Waals surface area contributed by atoms with Crippen molar-refractivity contribution in [3.05, 3.63) is 34.5 Å². The summed E-state index contributed by atoms with van der Waals surface area (Å²) in [6, 6.07) is 6.59. The van der Waals surface area contributed by atoms with Gasteiger partial charge in [0.1, 0.15) is 0 Å². The quantitative estimate of drug-likeness (QED) is 0.774. The van der Waals surface area contributed by atoms with Crippen LogP contribution in [0.25, 0.3) is 10.9 Å². The zero-order valence-corrected chi connectivity index (χ0v) is 12.4. The third kappa shape index (κ3) is 1.98. The maximum Gasteiger partial charge on any atom is 0.0741 e. The van der Waals surface area contributed by atoms with Crippen LogP contribution >= 0.6 is 11.6 Å². The van der Waals surface area contributed by atoms with Gasteiger partial charge in [-0.05, 0) is 62.3 Å². The van der Waals surface area contributed by atoms with Crippen LogP contribution in [0.3, 0.4) is 0 Å². The van der Waals surface area contributed by atoms with Crippen LogP contribution in [0.1, 0.15) is 36.9 Å². The van der Waals surface area contributed by atoms with Crippen LogP contribution in [0.2, 0.25) is 5.02 Å². The minimum atomic E-state index is 0.942. The van der Waals surface area contributed by atoms with E-state index in [-0.39, 0.29) is 0 Å². The number of halogens is 1. The largest absolute Gasteiger partial charge is 0.371 e. The van der Waals surface area contributed by atoms with Crippen LogP contribution in [0.15, 0.2) is 18.2 Å². The zero-order valence-electron chi connectivity index (χ0n) is 11.7. The van der Waals surface area contributed by atoms with Crippen LogP contribution in [-0.4, -0.2) is 18.1 Å². The fourth-order valence-corrected chi connectivity index (χ4v) is 3.89. The fraction of sp³-hybridized carbons (Fsp3) is 0.471. The molecule has 3 heteroatoms. The smallest absolute Gasteiger partial charge is 0.0741 e. The summed E-state index contributed by atoms with van der Waals surface area (Å²) >= 11 is 6.62. The van der Waals surface area contributed by atoms with Gasteiger partial charge in [-0.15, -0.1) is 0 Å². The summed E-state index contributed by atoms with van der Waals surface area (Å²) in [5.41, 5.74) is 4.89. The van der Waals surface area contributed by atoms with E-state index in [1.54, 1.807) is 0 Å². The van der Waals surface area contributed by atoms with Gasteiger partial charge in [0.15, 0.2) is 0 Å². The second-order valence-electron chi connectivity index (χ2n) is 5.95. The Morgan fingerprint density at radius 3 is 2.65 bits per heavy atom. The molecule has 0 N–H and O–H groups in total. The molecular weight excluding hydrogens is 268 g/mol. The average Bonchev–Trinajstić information content (AvgIpc) is 3.01. The van der Waals surface area contributed by atoms with E-state index < -0.39 is 0 Å². The Morgan fingerprint density at radius 2 is 1.80 bits per heavy atom. The summed E-state index contributed by atoms with van der Waals surface area (Å²) < 4.78 is 0. The highest BCUT2D eigenvalue weighted by molar-refractivity contribution is 6.36. The first kappa shape index (κ1) is 12.5. The van der Waals surface area contributed by atoms with Crippen LogP contribution in [0, 0.1) is 0 Å². The van der Waals surface area contributed by atoms with Crippen LogP contribution in [0.5, 0.6) is 0 Å². The molecule has 1 aromatic heterocycles. The first-order valence-corrected chi connectivity index (χ1v) is 8.07. The average molecular weight is 287 g/mol. The van der Waals surface area contributed by atoms with Gasteiger partial charge in [-0.25, -0.2) is 0 Å². The number of nitrogens with zero attached hydrogens (tertiary/aromatic N) is 2. The van der Waals surface area contributed by atoms with Gasteiger partial charge < -0.3 is 4.90 Å². The number of hydrogen-bond donors (Lipinski definition) is 0. The maximum atomic E-state index is 6.62. The standard InChI is InChI=1S/C17H19ClN2/c18-17-13-5-1-2-6-15(13)19-16-11-12(7-8-14(16)17)20-9-3-4-10-20/h7-8,11H,1-6,9-10H2. The lowest BCUT2D eigenvalue weighted by molar-refractivity contribution is 0.671. The number of fused-ring (bicyclic) bond motifs is 2. The number of aryl methyl sites for hydroxylation is 1. The molecule has 1 fully saturated rings. The lowest BCUT2D eigenvalue weighted by atomic mass is 9.94. The van der Waals surface area contributed by atoms with Gasteiger partial charge in [-0.3, -0.25) is 4.98 Å². The van der Waals surface area contributed by atoms with Crippen molar-refractivity contribution in [3.8, 4) is 0 Å². The molecule has 0 spiro atoms.